The monoisotopic (exact) mass is 474 g/mol. The highest BCUT2D eigenvalue weighted by Gasteiger charge is 2.11. The zero-order chi connectivity index (χ0) is 20.6. The largest absolute Gasteiger partial charge is 0.494 e. The van der Waals surface area contributed by atoms with E-state index in [9.17, 15) is 9.59 Å². The minimum absolute atomic E-state index is 0.153. The molecule has 2 aromatic carbocycles. The summed E-state index contributed by atoms with van der Waals surface area (Å²) in [6.45, 7) is 2.90. The predicted molar refractivity (Wildman–Crippen MR) is 116 cm³/mol. The molecule has 150 valence electrons. The number of rotatable bonds is 8. The van der Waals surface area contributed by atoms with Gasteiger partial charge in [0.15, 0.2) is 0 Å². The number of anilines is 1. The molecule has 3 aromatic rings. The molecule has 0 atom stereocenters. The van der Waals surface area contributed by atoms with Crippen LogP contribution < -0.4 is 15.4 Å². The van der Waals surface area contributed by atoms with E-state index in [-0.39, 0.29) is 11.8 Å². The van der Waals surface area contributed by atoms with Crippen LogP contribution in [0.4, 0.5) is 5.13 Å². The molecule has 0 spiro atoms. The maximum absolute atomic E-state index is 12.3. The van der Waals surface area contributed by atoms with Crippen LogP contribution in [0.1, 0.15) is 32.6 Å². The van der Waals surface area contributed by atoms with E-state index in [4.69, 9.17) is 4.74 Å². The Bertz CT molecular complexity index is 991. The van der Waals surface area contributed by atoms with E-state index < -0.39 is 0 Å². The lowest BCUT2D eigenvalue weighted by Crippen LogP contribution is -2.25. The number of carbonyl (C=O) groups excluding carboxylic acids is 2. The van der Waals surface area contributed by atoms with Gasteiger partial charge in [-0.2, -0.15) is 0 Å². The molecule has 29 heavy (non-hydrogen) atoms. The number of nitrogens with zero attached hydrogens (tertiary/aromatic N) is 2. The second-order valence-corrected chi connectivity index (χ2v) is 7.91. The molecule has 1 aromatic heterocycles. The van der Waals surface area contributed by atoms with Crippen molar-refractivity contribution in [3.63, 3.8) is 0 Å². The molecule has 2 amide bonds. The Morgan fingerprint density at radius 1 is 1.07 bits per heavy atom. The zero-order valence-corrected chi connectivity index (χ0v) is 18.0. The summed E-state index contributed by atoms with van der Waals surface area (Å²) in [4.78, 5) is 24.4. The molecular weight excluding hydrogens is 456 g/mol. The summed E-state index contributed by atoms with van der Waals surface area (Å²) < 4.78 is 6.22. The third kappa shape index (κ3) is 6.10. The van der Waals surface area contributed by atoms with Gasteiger partial charge in [-0.15, -0.1) is 10.2 Å². The number of nitrogens with one attached hydrogen (secondary N) is 2. The normalized spacial score (nSPS) is 10.4. The summed E-state index contributed by atoms with van der Waals surface area (Å²) in [6, 6.07) is 14.1. The molecule has 9 heteroatoms. The zero-order valence-electron chi connectivity index (χ0n) is 15.6. The van der Waals surface area contributed by atoms with Crippen LogP contribution in [0.25, 0.3) is 0 Å². The van der Waals surface area contributed by atoms with E-state index in [1.807, 2.05) is 19.1 Å². The number of amides is 2. The lowest BCUT2D eigenvalue weighted by atomic mass is 10.2. The van der Waals surface area contributed by atoms with Gasteiger partial charge in [-0.25, -0.2) is 0 Å². The van der Waals surface area contributed by atoms with E-state index in [1.165, 1.54) is 11.3 Å². The van der Waals surface area contributed by atoms with E-state index in [0.29, 0.717) is 41.6 Å². The molecule has 0 saturated carbocycles. The van der Waals surface area contributed by atoms with Crippen LogP contribution in [0.2, 0.25) is 0 Å². The van der Waals surface area contributed by atoms with Gasteiger partial charge in [0, 0.05) is 28.6 Å². The molecule has 0 saturated heterocycles. The van der Waals surface area contributed by atoms with Crippen LogP contribution in [-0.2, 0) is 6.42 Å². The number of halogens is 1. The lowest BCUT2D eigenvalue weighted by molar-refractivity contribution is 0.0953. The predicted octanol–water partition coefficient (Wildman–Crippen LogP) is 3.92. The number of hydrogen-bond acceptors (Lipinski definition) is 6. The van der Waals surface area contributed by atoms with Gasteiger partial charge in [-0.3, -0.25) is 14.9 Å². The van der Waals surface area contributed by atoms with E-state index in [2.05, 4.69) is 36.8 Å². The van der Waals surface area contributed by atoms with E-state index >= 15 is 0 Å². The van der Waals surface area contributed by atoms with Gasteiger partial charge in [-0.05, 0) is 49.4 Å². The van der Waals surface area contributed by atoms with Crippen molar-refractivity contribution in [2.75, 3.05) is 18.5 Å². The topological polar surface area (TPSA) is 93.2 Å². The summed E-state index contributed by atoms with van der Waals surface area (Å²) in [6.07, 6.45) is 0.524. The molecule has 0 bridgehead atoms. The molecule has 0 aliphatic heterocycles. The average Bonchev–Trinajstić information content (AvgIpc) is 3.16. The second-order valence-electron chi connectivity index (χ2n) is 5.93. The Hall–Kier alpha value is -2.78. The maximum atomic E-state index is 12.3. The second kappa shape index (κ2) is 10.1. The fraction of sp³-hybridized carbons (Fsp3) is 0.200. The average molecular weight is 475 g/mol. The fourth-order valence-corrected chi connectivity index (χ4v) is 3.59. The van der Waals surface area contributed by atoms with Crippen LogP contribution in [0.15, 0.2) is 53.0 Å². The Morgan fingerprint density at radius 3 is 2.59 bits per heavy atom. The molecule has 7 nitrogen and oxygen atoms in total. The van der Waals surface area contributed by atoms with Crippen molar-refractivity contribution in [2.45, 2.75) is 13.3 Å². The molecular formula is C20H19BrN4O3S. The van der Waals surface area contributed by atoms with Crippen LogP contribution in [0.3, 0.4) is 0 Å². The van der Waals surface area contributed by atoms with Crippen molar-refractivity contribution in [1.29, 1.82) is 0 Å². The van der Waals surface area contributed by atoms with Gasteiger partial charge in [-0.1, -0.05) is 33.3 Å². The highest BCUT2D eigenvalue weighted by Crippen LogP contribution is 2.18. The minimum Gasteiger partial charge on any atom is -0.494 e. The quantitative estimate of drug-likeness (QED) is 0.515. The Kier molecular flexibility index (Phi) is 7.31. The molecule has 2 N–H and O–H groups in total. The minimum atomic E-state index is -0.265. The first-order valence-corrected chi connectivity index (χ1v) is 10.6. The van der Waals surface area contributed by atoms with Crippen molar-refractivity contribution >= 4 is 44.2 Å². The number of benzene rings is 2. The van der Waals surface area contributed by atoms with Crippen LogP contribution in [-0.4, -0.2) is 35.2 Å². The van der Waals surface area contributed by atoms with E-state index in [0.717, 1.165) is 9.48 Å². The molecule has 1 heterocycles. The number of aromatic nitrogens is 2. The Labute approximate surface area is 180 Å². The standard InChI is InChI=1S/C20H19BrN4O3S/c1-2-28-16-8-6-13(7-9-16)19(27)23-20-25-24-17(29-20)10-11-22-18(26)14-4-3-5-15(21)12-14/h3-9,12H,2,10-11H2,1H3,(H,22,26)(H,23,25,27). The number of carbonyl (C=O) groups is 2. The lowest BCUT2D eigenvalue weighted by Gasteiger charge is -2.04. The van der Waals surface area contributed by atoms with E-state index in [1.54, 1.807) is 36.4 Å². The summed E-state index contributed by atoms with van der Waals surface area (Å²) >= 11 is 4.63. The molecule has 0 aliphatic carbocycles. The third-order valence-electron chi connectivity index (χ3n) is 3.83. The van der Waals surface area contributed by atoms with Gasteiger partial charge in [0.25, 0.3) is 11.8 Å². The molecule has 0 fully saturated rings. The van der Waals surface area contributed by atoms with Gasteiger partial charge in [0.2, 0.25) is 5.13 Å². The van der Waals surface area contributed by atoms with Crippen molar-refractivity contribution in [2.24, 2.45) is 0 Å². The SMILES string of the molecule is CCOc1ccc(C(=O)Nc2nnc(CCNC(=O)c3cccc(Br)c3)s2)cc1. The summed E-state index contributed by atoms with van der Waals surface area (Å²) in [5.41, 5.74) is 1.09. The van der Waals surface area contributed by atoms with Crippen molar-refractivity contribution in [1.82, 2.24) is 15.5 Å². The summed E-state index contributed by atoms with van der Waals surface area (Å²) in [5, 5.41) is 14.8. The number of ether oxygens (including phenoxy) is 1. The summed E-state index contributed by atoms with van der Waals surface area (Å²) in [7, 11) is 0. The highest BCUT2D eigenvalue weighted by atomic mass is 79.9. The Morgan fingerprint density at radius 2 is 1.86 bits per heavy atom. The first-order chi connectivity index (χ1) is 14.0. The first kappa shape index (κ1) is 20.9. The van der Waals surface area contributed by atoms with Gasteiger partial charge < -0.3 is 10.1 Å². The molecule has 3 rings (SSSR count). The van der Waals surface area contributed by atoms with Crippen molar-refractivity contribution in [3.05, 3.63) is 69.1 Å². The maximum Gasteiger partial charge on any atom is 0.257 e. The first-order valence-electron chi connectivity index (χ1n) is 8.95. The van der Waals surface area contributed by atoms with Crippen molar-refractivity contribution < 1.29 is 14.3 Å². The summed E-state index contributed by atoms with van der Waals surface area (Å²) in [5.74, 6) is 0.297. The van der Waals surface area contributed by atoms with Crippen LogP contribution >= 0.6 is 27.3 Å². The van der Waals surface area contributed by atoms with Crippen LogP contribution in [0, 0.1) is 0 Å². The fourth-order valence-electron chi connectivity index (χ4n) is 2.46. The highest BCUT2D eigenvalue weighted by molar-refractivity contribution is 9.10. The Balaban J connectivity index is 1.48. The molecule has 0 unspecified atom stereocenters. The number of hydrogen-bond donors (Lipinski definition) is 2. The van der Waals surface area contributed by atoms with Gasteiger partial charge >= 0.3 is 0 Å². The molecule has 0 radical (unpaired) electrons. The third-order valence-corrected chi connectivity index (χ3v) is 5.22. The van der Waals surface area contributed by atoms with Crippen LogP contribution in [0.5, 0.6) is 5.75 Å². The van der Waals surface area contributed by atoms with Gasteiger partial charge in [0.05, 0.1) is 6.61 Å². The van der Waals surface area contributed by atoms with Crippen molar-refractivity contribution in [3.8, 4) is 5.75 Å². The smallest absolute Gasteiger partial charge is 0.257 e. The molecule has 0 aliphatic rings. The van der Waals surface area contributed by atoms with Gasteiger partial charge in [0.1, 0.15) is 10.8 Å².